The Labute approximate surface area is 116 Å². The lowest BCUT2D eigenvalue weighted by molar-refractivity contribution is -0.148. The highest BCUT2D eigenvalue weighted by Crippen LogP contribution is 2.30. The molecule has 1 aliphatic rings. The Morgan fingerprint density at radius 1 is 1.42 bits per heavy atom. The fraction of sp³-hybridized carbons (Fsp3) is 0.615. The summed E-state index contributed by atoms with van der Waals surface area (Å²) in [5, 5.41) is 14.8. The first-order valence-electron chi connectivity index (χ1n) is 6.49. The van der Waals surface area contributed by atoms with E-state index in [1.165, 1.54) is 11.3 Å². The zero-order valence-electron chi connectivity index (χ0n) is 10.9. The minimum Gasteiger partial charge on any atom is -0.481 e. The van der Waals surface area contributed by atoms with E-state index in [2.05, 4.69) is 10.3 Å². The zero-order valence-corrected chi connectivity index (χ0v) is 11.7. The second-order valence-corrected chi connectivity index (χ2v) is 5.88. The molecule has 2 N–H and O–H groups in total. The third-order valence-electron chi connectivity index (χ3n) is 3.50. The monoisotopic (exact) mass is 282 g/mol. The molecule has 19 heavy (non-hydrogen) atoms. The first kappa shape index (κ1) is 14.0. The van der Waals surface area contributed by atoms with E-state index in [1.54, 1.807) is 0 Å². The second kappa shape index (κ2) is 6.14. The summed E-state index contributed by atoms with van der Waals surface area (Å²) >= 11 is 1.50. The maximum Gasteiger partial charge on any atom is 0.307 e. The lowest BCUT2D eigenvalue weighted by atomic mass is 9.79. The average molecular weight is 282 g/mol. The number of carbonyl (C=O) groups excluding carboxylic acids is 1. The van der Waals surface area contributed by atoms with E-state index in [1.807, 2.05) is 12.3 Å². The smallest absolute Gasteiger partial charge is 0.307 e. The van der Waals surface area contributed by atoms with E-state index >= 15 is 0 Å². The summed E-state index contributed by atoms with van der Waals surface area (Å²) in [5.74, 6) is -1.94. The van der Waals surface area contributed by atoms with E-state index in [9.17, 15) is 9.59 Å². The normalized spacial score (nSPS) is 23.0. The average Bonchev–Trinajstić information content (AvgIpc) is 2.81. The topological polar surface area (TPSA) is 79.3 Å². The van der Waals surface area contributed by atoms with E-state index < -0.39 is 17.8 Å². The van der Waals surface area contributed by atoms with Crippen molar-refractivity contribution in [3.63, 3.8) is 0 Å². The predicted octanol–water partition coefficient (Wildman–Crippen LogP) is 1.96. The molecule has 2 atom stereocenters. The number of rotatable bonds is 4. The summed E-state index contributed by atoms with van der Waals surface area (Å²) in [6.07, 6.45) is 3.09. The van der Waals surface area contributed by atoms with Crippen molar-refractivity contribution >= 4 is 23.2 Å². The Morgan fingerprint density at radius 2 is 2.11 bits per heavy atom. The van der Waals surface area contributed by atoms with Gasteiger partial charge in [0.25, 0.3) is 0 Å². The molecular weight excluding hydrogens is 264 g/mol. The van der Waals surface area contributed by atoms with Crippen LogP contribution in [-0.2, 0) is 16.1 Å². The van der Waals surface area contributed by atoms with Crippen LogP contribution in [0.1, 0.15) is 36.4 Å². The molecule has 5 nitrogen and oxygen atoms in total. The quantitative estimate of drug-likeness (QED) is 0.884. The Balaban J connectivity index is 1.92. The van der Waals surface area contributed by atoms with Crippen LogP contribution in [0.15, 0.2) is 5.38 Å². The van der Waals surface area contributed by atoms with E-state index in [-0.39, 0.29) is 5.91 Å². The van der Waals surface area contributed by atoms with E-state index in [4.69, 9.17) is 5.11 Å². The molecule has 1 saturated carbocycles. The van der Waals surface area contributed by atoms with Crippen molar-refractivity contribution in [2.75, 3.05) is 0 Å². The molecule has 0 bridgehead atoms. The number of hydrogen-bond acceptors (Lipinski definition) is 4. The van der Waals surface area contributed by atoms with Gasteiger partial charge in [0.05, 0.1) is 18.4 Å². The summed E-state index contributed by atoms with van der Waals surface area (Å²) in [6, 6.07) is 0. The second-order valence-electron chi connectivity index (χ2n) is 4.94. The number of nitrogens with zero attached hydrogens (tertiary/aromatic N) is 1. The highest BCUT2D eigenvalue weighted by molar-refractivity contribution is 7.09. The molecule has 2 rings (SSSR count). The summed E-state index contributed by atoms with van der Waals surface area (Å²) in [6.45, 7) is 2.30. The highest BCUT2D eigenvalue weighted by atomic mass is 32.1. The van der Waals surface area contributed by atoms with Gasteiger partial charge in [-0.05, 0) is 19.8 Å². The van der Waals surface area contributed by atoms with Gasteiger partial charge in [0.1, 0.15) is 5.01 Å². The van der Waals surface area contributed by atoms with Crippen LogP contribution in [-0.4, -0.2) is 22.0 Å². The molecule has 1 amide bonds. The number of carboxylic acid groups (broad SMARTS) is 1. The van der Waals surface area contributed by atoms with Gasteiger partial charge < -0.3 is 10.4 Å². The van der Waals surface area contributed by atoms with Crippen molar-refractivity contribution in [3.8, 4) is 0 Å². The lowest BCUT2D eigenvalue weighted by Gasteiger charge is -2.27. The largest absolute Gasteiger partial charge is 0.481 e. The van der Waals surface area contributed by atoms with Gasteiger partial charge in [-0.3, -0.25) is 9.59 Å². The molecule has 0 aromatic carbocycles. The predicted molar refractivity (Wildman–Crippen MR) is 71.8 cm³/mol. The van der Waals surface area contributed by atoms with Gasteiger partial charge in [-0.2, -0.15) is 0 Å². The summed E-state index contributed by atoms with van der Waals surface area (Å²) in [5.41, 5.74) is 0.940. The number of thiazole rings is 1. The number of aliphatic carboxylic acids is 1. The van der Waals surface area contributed by atoms with Crippen molar-refractivity contribution < 1.29 is 14.7 Å². The maximum atomic E-state index is 12.1. The molecule has 1 aromatic heterocycles. The van der Waals surface area contributed by atoms with Crippen molar-refractivity contribution in [3.05, 3.63) is 16.1 Å². The highest BCUT2D eigenvalue weighted by Gasteiger charge is 2.35. The number of carbonyl (C=O) groups is 2. The van der Waals surface area contributed by atoms with Crippen LogP contribution in [0, 0.1) is 18.8 Å². The van der Waals surface area contributed by atoms with Gasteiger partial charge >= 0.3 is 5.97 Å². The molecule has 1 fully saturated rings. The summed E-state index contributed by atoms with van der Waals surface area (Å²) in [4.78, 5) is 27.5. The third kappa shape index (κ3) is 3.53. The van der Waals surface area contributed by atoms with Gasteiger partial charge in [0, 0.05) is 11.1 Å². The van der Waals surface area contributed by atoms with Gasteiger partial charge in [-0.15, -0.1) is 11.3 Å². The standard InChI is InChI=1S/C13H18N2O3S/c1-8-7-19-11(15-8)6-14-12(16)9-4-2-3-5-10(9)13(17)18/h7,9-10H,2-6H2,1H3,(H,14,16)(H,17,18)/t9-,10+/m1/s1. The fourth-order valence-corrected chi connectivity index (χ4v) is 3.23. The van der Waals surface area contributed by atoms with Crippen LogP contribution in [0.3, 0.4) is 0 Å². The molecule has 1 heterocycles. The first-order valence-corrected chi connectivity index (χ1v) is 7.37. The molecule has 0 unspecified atom stereocenters. The van der Waals surface area contributed by atoms with Crippen molar-refractivity contribution in [1.82, 2.24) is 10.3 Å². The van der Waals surface area contributed by atoms with E-state index in [0.717, 1.165) is 23.5 Å². The number of aryl methyl sites for hydroxylation is 1. The SMILES string of the molecule is Cc1csc(CNC(=O)[C@@H]2CCCC[C@@H]2C(=O)O)n1. The van der Waals surface area contributed by atoms with Crippen molar-refractivity contribution in [2.24, 2.45) is 11.8 Å². The number of carboxylic acids is 1. The lowest BCUT2D eigenvalue weighted by Crippen LogP contribution is -2.39. The zero-order chi connectivity index (χ0) is 13.8. The Morgan fingerprint density at radius 3 is 2.68 bits per heavy atom. The minimum atomic E-state index is -0.857. The molecular formula is C13H18N2O3S. The molecule has 0 radical (unpaired) electrons. The van der Waals surface area contributed by atoms with Crippen LogP contribution < -0.4 is 5.32 Å². The Kier molecular flexibility index (Phi) is 4.52. The third-order valence-corrected chi connectivity index (χ3v) is 4.47. The number of aromatic nitrogens is 1. The minimum absolute atomic E-state index is 0.153. The number of hydrogen-bond donors (Lipinski definition) is 2. The molecule has 0 aliphatic heterocycles. The molecule has 0 spiro atoms. The van der Waals surface area contributed by atoms with Crippen LogP contribution >= 0.6 is 11.3 Å². The summed E-state index contributed by atoms with van der Waals surface area (Å²) < 4.78 is 0. The van der Waals surface area contributed by atoms with Crippen LogP contribution in [0.25, 0.3) is 0 Å². The molecule has 6 heteroatoms. The van der Waals surface area contributed by atoms with Gasteiger partial charge in [0.2, 0.25) is 5.91 Å². The van der Waals surface area contributed by atoms with Crippen LogP contribution in [0.4, 0.5) is 0 Å². The molecule has 1 aromatic rings. The maximum absolute atomic E-state index is 12.1. The van der Waals surface area contributed by atoms with E-state index in [0.29, 0.717) is 19.4 Å². The first-order chi connectivity index (χ1) is 9.08. The van der Waals surface area contributed by atoms with Crippen LogP contribution in [0.2, 0.25) is 0 Å². The Hall–Kier alpha value is -1.43. The van der Waals surface area contributed by atoms with Gasteiger partial charge in [-0.25, -0.2) is 4.98 Å². The van der Waals surface area contributed by atoms with Gasteiger partial charge in [-0.1, -0.05) is 12.8 Å². The van der Waals surface area contributed by atoms with Crippen LogP contribution in [0.5, 0.6) is 0 Å². The van der Waals surface area contributed by atoms with Crippen molar-refractivity contribution in [2.45, 2.75) is 39.2 Å². The number of nitrogens with one attached hydrogen (secondary N) is 1. The Bertz CT molecular complexity index is 472. The van der Waals surface area contributed by atoms with Crippen molar-refractivity contribution in [1.29, 1.82) is 0 Å². The summed E-state index contributed by atoms with van der Waals surface area (Å²) in [7, 11) is 0. The molecule has 104 valence electrons. The fourth-order valence-electron chi connectivity index (χ4n) is 2.52. The number of amides is 1. The van der Waals surface area contributed by atoms with Gasteiger partial charge in [0.15, 0.2) is 0 Å². The molecule has 1 aliphatic carbocycles. The molecule has 0 saturated heterocycles.